The van der Waals surface area contributed by atoms with E-state index in [4.69, 9.17) is 0 Å². The zero-order valence-corrected chi connectivity index (χ0v) is 5.69. The zero-order valence-electron chi connectivity index (χ0n) is 5.69. The van der Waals surface area contributed by atoms with Crippen LogP contribution in [0.25, 0.3) is 0 Å². The molecule has 0 aromatic rings. The number of hydrogen-bond acceptors (Lipinski definition) is 2. The summed E-state index contributed by atoms with van der Waals surface area (Å²) in [6, 6.07) is 0. The first-order chi connectivity index (χ1) is 5.27. The monoisotopic (exact) mass is 187 g/mol. The van der Waals surface area contributed by atoms with Crippen molar-refractivity contribution in [2.75, 3.05) is 0 Å². The predicted octanol–water partition coefficient (Wildman–Crippen LogP) is 1.12. The molecule has 0 heterocycles. The lowest BCUT2D eigenvalue weighted by molar-refractivity contribution is -0.329. The Morgan fingerprint density at radius 3 is 2.17 bits per heavy atom. The SMILES string of the molecule is NC(=O)OC1CC(F)(F)C1(F)F. The minimum atomic E-state index is -4.29. The molecule has 0 aromatic heterocycles. The molecule has 1 aliphatic carbocycles. The van der Waals surface area contributed by atoms with Crippen molar-refractivity contribution >= 4 is 6.09 Å². The van der Waals surface area contributed by atoms with Gasteiger partial charge in [0.15, 0.2) is 6.10 Å². The van der Waals surface area contributed by atoms with Gasteiger partial charge in [-0.1, -0.05) is 0 Å². The largest absolute Gasteiger partial charge is 0.439 e. The maximum absolute atomic E-state index is 12.3. The quantitative estimate of drug-likeness (QED) is 0.625. The van der Waals surface area contributed by atoms with Crippen molar-refractivity contribution in [2.45, 2.75) is 24.4 Å². The summed E-state index contributed by atoms with van der Waals surface area (Å²) in [5.41, 5.74) is 4.37. The van der Waals surface area contributed by atoms with Gasteiger partial charge < -0.3 is 10.5 Å². The standard InChI is InChI=1S/C5H5F4NO2/c6-4(7)1-2(5(4,8)9)12-3(10)11/h2H,1H2,(H2,10,11). The molecule has 0 radical (unpaired) electrons. The highest BCUT2D eigenvalue weighted by Gasteiger charge is 2.73. The Balaban J connectivity index is 2.60. The molecule has 2 N–H and O–H groups in total. The lowest BCUT2D eigenvalue weighted by Gasteiger charge is -2.42. The van der Waals surface area contributed by atoms with E-state index in [1.54, 1.807) is 0 Å². The minimum Gasteiger partial charge on any atom is -0.439 e. The van der Waals surface area contributed by atoms with E-state index in [0.29, 0.717) is 0 Å². The molecular formula is C5H5F4NO2. The minimum absolute atomic E-state index is 1.18. The first-order valence-corrected chi connectivity index (χ1v) is 2.99. The summed E-state index contributed by atoms with van der Waals surface area (Å²) in [5.74, 6) is -8.38. The lowest BCUT2D eigenvalue weighted by atomic mass is 9.85. The zero-order chi connectivity index (χ0) is 9.57. The Hall–Kier alpha value is -1.01. The average molecular weight is 187 g/mol. The van der Waals surface area contributed by atoms with E-state index in [0.717, 1.165) is 0 Å². The first-order valence-electron chi connectivity index (χ1n) is 2.99. The number of rotatable bonds is 1. The molecule has 1 saturated carbocycles. The van der Waals surface area contributed by atoms with E-state index in [1.807, 2.05) is 0 Å². The van der Waals surface area contributed by atoms with Gasteiger partial charge in [0.1, 0.15) is 0 Å². The number of ether oxygens (including phenoxy) is 1. The van der Waals surface area contributed by atoms with Gasteiger partial charge in [0, 0.05) is 0 Å². The Bertz CT molecular complexity index is 217. The van der Waals surface area contributed by atoms with Crippen molar-refractivity contribution in [3.63, 3.8) is 0 Å². The van der Waals surface area contributed by atoms with Crippen molar-refractivity contribution < 1.29 is 27.1 Å². The fourth-order valence-corrected chi connectivity index (χ4v) is 0.857. The summed E-state index contributed by atoms with van der Waals surface area (Å²) in [7, 11) is 0. The molecule has 12 heavy (non-hydrogen) atoms. The molecule has 0 aliphatic heterocycles. The Morgan fingerprint density at radius 1 is 1.42 bits per heavy atom. The highest BCUT2D eigenvalue weighted by molar-refractivity contribution is 5.65. The second kappa shape index (κ2) is 2.24. The third-order valence-corrected chi connectivity index (χ3v) is 1.59. The molecule has 7 heteroatoms. The highest BCUT2D eigenvalue weighted by atomic mass is 19.3. The predicted molar refractivity (Wildman–Crippen MR) is 29.0 cm³/mol. The number of alkyl halides is 4. The van der Waals surface area contributed by atoms with Gasteiger partial charge in [-0.15, -0.1) is 0 Å². The molecule has 3 nitrogen and oxygen atoms in total. The lowest BCUT2D eigenvalue weighted by Crippen LogP contribution is -2.64. The van der Waals surface area contributed by atoms with Gasteiger partial charge in [0.25, 0.3) is 0 Å². The summed E-state index contributed by atoms with van der Waals surface area (Å²) < 4.78 is 52.3. The maximum Gasteiger partial charge on any atom is 0.404 e. The van der Waals surface area contributed by atoms with Gasteiger partial charge in [-0.3, -0.25) is 0 Å². The van der Waals surface area contributed by atoms with Gasteiger partial charge in [-0.25, -0.2) is 4.79 Å². The van der Waals surface area contributed by atoms with Gasteiger partial charge in [-0.05, 0) is 0 Å². The van der Waals surface area contributed by atoms with Crippen LogP contribution < -0.4 is 5.73 Å². The summed E-state index contributed by atoms with van der Waals surface area (Å²) >= 11 is 0. The van der Waals surface area contributed by atoms with E-state index in [-0.39, 0.29) is 0 Å². The van der Waals surface area contributed by atoms with Crippen molar-refractivity contribution in [1.29, 1.82) is 0 Å². The van der Waals surface area contributed by atoms with E-state index < -0.39 is 30.5 Å². The summed E-state index contributed by atoms with van der Waals surface area (Å²) in [4.78, 5) is 9.92. The molecule has 70 valence electrons. The second-order valence-corrected chi connectivity index (χ2v) is 2.46. The van der Waals surface area contributed by atoms with Crippen molar-refractivity contribution in [1.82, 2.24) is 0 Å². The van der Waals surface area contributed by atoms with Crippen LogP contribution in [-0.2, 0) is 4.74 Å². The molecule has 0 spiro atoms. The first kappa shape index (κ1) is 9.08. The average Bonchev–Trinajstić information content (AvgIpc) is 1.85. The van der Waals surface area contributed by atoms with Gasteiger partial charge in [-0.2, -0.15) is 17.6 Å². The van der Waals surface area contributed by atoms with E-state index >= 15 is 0 Å². The van der Waals surface area contributed by atoms with Crippen LogP contribution in [0.3, 0.4) is 0 Å². The Labute approximate surface area is 64.5 Å². The van der Waals surface area contributed by atoms with Gasteiger partial charge in [0.2, 0.25) is 0 Å². The summed E-state index contributed by atoms with van der Waals surface area (Å²) in [6.07, 6.45) is -4.75. The number of carbonyl (C=O) groups excluding carboxylic acids is 1. The molecule has 1 amide bonds. The molecular weight excluding hydrogens is 182 g/mol. The molecule has 1 atom stereocenters. The number of amides is 1. The molecule has 0 aromatic carbocycles. The summed E-state index contributed by atoms with van der Waals surface area (Å²) in [6.45, 7) is 0. The van der Waals surface area contributed by atoms with E-state index in [1.165, 1.54) is 0 Å². The fraction of sp³-hybridized carbons (Fsp3) is 0.800. The van der Waals surface area contributed by atoms with Crippen molar-refractivity contribution in [3.8, 4) is 0 Å². The normalized spacial score (nSPS) is 30.5. The topological polar surface area (TPSA) is 52.3 Å². The second-order valence-electron chi connectivity index (χ2n) is 2.46. The van der Waals surface area contributed by atoms with Crippen molar-refractivity contribution in [3.05, 3.63) is 0 Å². The number of carbonyl (C=O) groups is 1. The van der Waals surface area contributed by atoms with Crippen LogP contribution in [0, 0.1) is 0 Å². The fourth-order valence-electron chi connectivity index (χ4n) is 0.857. The smallest absolute Gasteiger partial charge is 0.404 e. The number of halogens is 4. The van der Waals surface area contributed by atoms with E-state index in [2.05, 4.69) is 10.5 Å². The molecule has 1 fully saturated rings. The highest BCUT2D eigenvalue weighted by Crippen LogP contribution is 2.52. The van der Waals surface area contributed by atoms with E-state index in [9.17, 15) is 22.4 Å². The van der Waals surface area contributed by atoms with Crippen LogP contribution in [0.2, 0.25) is 0 Å². The van der Waals surface area contributed by atoms with Crippen LogP contribution in [0.5, 0.6) is 0 Å². The Morgan fingerprint density at radius 2 is 1.92 bits per heavy atom. The number of primary amides is 1. The molecule has 0 bridgehead atoms. The van der Waals surface area contributed by atoms with Gasteiger partial charge >= 0.3 is 17.9 Å². The molecule has 0 saturated heterocycles. The van der Waals surface area contributed by atoms with Gasteiger partial charge in [0.05, 0.1) is 6.42 Å². The molecule has 1 aliphatic rings. The summed E-state index contributed by atoms with van der Waals surface area (Å²) in [5, 5.41) is 0. The third-order valence-electron chi connectivity index (χ3n) is 1.59. The Kier molecular flexibility index (Phi) is 1.69. The van der Waals surface area contributed by atoms with Crippen LogP contribution in [0.4, 0.5) is 22.4 Å². The van der Waals surface area contributed by atoms with Crippen LogP contribution in [-0.4, -0.2) is 24.0 Å². The van der Waals surface area contributed by atoms with Crippen LogP contribution in [0.1, 0.15) is 6.42 Å². The third kappa shape index (κ3) is 1.09. The van der Waals surface area contributed by atoms with Crippen molar-refractivity contribution in [2.24, 2.45) is 5.73 Å². The maximum atomic E-state index is 12.3. The number of hydrogen-bond donors (Lipinski definition) is 1. The van der Waals surface area contributed by atoms with Crippen LogP contribution in [0.15, 0.2) is 0 Å². The van der Waals surface area contributed by atoms with Crippen LogP contribution >= 0.6 is 0 Å². The molecule has 1 unspecified atom stereocenters. The molecule has 1 rings (SSSR count). The number of nitrogens with two attached hydrogens (primary N) is 1.